The van der Waals surface area contributed by atoms with E-state index in [1.54, 1.807) is 72.8 Å². The van der Waals surface area contributed by atoms with Gasteiger partial charge in [-0.3, -0.25) is 0 Å². The average Bonchev–Trinajstić information content (AvgIpc) is 1.33. The quantitative estimate of drug-likeness (QED) is 0.00374. The molecule has 39 heteroatoms. The Bertz CT molecular complexity index is 5480. The Kier molecular flexibility index (Phi) is 45.9. The van der Waals surface area contributed by atoms with Crippen LogP contribution in [0.4, 0.5) is 22.9 Å². The second-order valence-electron chi connectivity index (χ2n) is 25.2. The molecule has 0 saturated carbocycles. The average molecular weight is 1970 g/mol. The zero-order valence-corrected chi connectivity index (χ0v) is 76.6. The van der Waals surface area contributed by atoms with E-state index in [9.17, 15) is 25.8 Å². The fraction of sp³-hybridized carbons (Fsp3) is 0.233. The number of aliphatic hydroxyl groups excluding tert-OH is 6. The number of nitriles is 3. The number of nitrogens with zero attached hydrogens (tertiary/aromatic N) is 13. The van der Waals surface area contributed by atoms with Gasteiger partial charge >= 0.3 is 33.3 Å². The number of rotatable bonds is 34. The van der Waals surface area contributed by atoms with Gasteiger partial charge in [0.05, 0.1) is 79.9 Å². The molecule has 6 aromatic heterocycles. The van der Waals surface area contributed by atoms with E-state index in [0.717, 1.165) is 68.3 Å². The van der Waals surface area contributed by atoms with Crippen molar-refractivity contribution >= 4 is 159 Å². The Labute approximate surface area is 781 Å². The fourth-order valence-electron chi connectivity index (χ4n) is 10.5. The zero-order chi connectivity index (χ0) is 90.4. The topological polar surface area (TPSA) is 385 Å². The van der Waals surface area contributed by atoms with E-state index in [2.05, 4.69) is 102 Å². The molecule has 12 rings (SSSR count). The monoisotopic (exact) mass is 1960 g/mol. The fourth-order valence-corrected chi connectivity index (χ4v) is 16.6. The maximum absolute atomic E-state index is 10.2. The van der Waals surface area contributed by atoms with Crippen LogP contribution in [0.2, 0.25) is 20.2 Å². The molecule has 0 bridgehead atoms. The van der Waals surface area contributed by atoms with Crippen LogP contribution in [0.5, 0.6) is 23.1 Å². The normalized spacial score (nSPS) is 10.3. The van der Waals surface area contributed by atoms with E-state index in [1.165, 1.54) is 69.3 Å². The molecule has 0 unspecified atom stereocenters. The van der Waals surface area contributed by atoms with E-state index in [4.69, 9.17) is 121 Å². The number of halogens is 6. The molecule has 0 amide bonds. The third-order valence-electron chi connectivity index (χ3n) is 16.2. The van der Waals surface area contributed by atoms with Gasteiger partial charge in [0.1, 0.15) is 103 Å². The number of aromatic nitrogens is 6. The van der Waals surface area contributed by atoms with Crippen molar-refractivity contribution in [1.29, 1.82) is 15.8 Å². The molecule has 6 aromatic carbocycles. The van der Waals surface area contributed by atoms with Crippen molar-refractivity contribution in [2.45, 2.75) is 65.4 Å². The van der Waals surface area contributed by atoms with Crippen LogP contribution >= 0.6 is 136 Å². The Morgan fingerprint density at radius 3 is 1.09 bits per heavy atom. The molecular weight excluding hydrogens is 1890 g/mol. The Morgan fingerprint density at radius 1 is 0.448 bits per heavy atom. The van der Waals surface area contributed by atoms with Crippen molar-refractivity contribution in [2.75, 3.05) is 78.4 Å². The second kappa shape index (κ2) is 56.2. The third kappa shape index (κ3) is 31.9. The molecule has 0 atom stereocenters. The Balaban J connectivity index is 0.000000236. The van der Waals surface area contributed by atoms with Crippen molar-refractivity contribution < 1.29 is 67.6 Å². The van der Waals surface area contributed by atoms with Crippen molar-refractivity contribution in [3.63, 3.8) is 0 Å². The predicted octanol–water partition coefficient (Wildman–Crippen LogP) is 22.3. The molecule has 26 nitrogen and oxygen atoms in total. The Hall–Kier alpha value is -9.93. The number of hydrogen-bond acceptors (Lipinski definition) is 29. The summed E-state index contributed by atoms with van der Waals surface area (Å²) >= 11 is 33.7. The van der Waals surface area contributed by atoms with Crippen LogP contribution in [0.15, 0.2) is 182 Å². The maximum atomic E-state index is 10.2. The van der Waals surface area contributed by atoms with Gasteiger partial charge in [0, 0.05) is 108 Å². The minimum absolute atomic E-state index is 0.0391. The number of hydrogen-bond donors (Lipinski definition) is 7. The first-order valence-electron chi connectivity index (χ1n) is 37.0. The number of nitrogen functional groups attached to an aromatic ring is 1. The number of anilines is 1. The zero-order valence-electron chi connectivity index (χ0n) is 66.2. The molecule has 0 fully saturated rings. The number of ether oxygens (including phenoxy) is 4. The summed E-state index contributed by atoms with van der Waals surface area (Å²) in [6.07, 6.45) is 1.77. The summed E-state index contributed by atoms with van der Waals surface area (Å²) in [6, 6.07) is 49.9. The van der Waals surface area contributed by atoms with Gasteiger partial charge in [-0.05, 0) is 108 Å². The van der Waals surface area contributed by atoms with Crippen molar-refractivity contribution in [2.24, 2.45) is 11.3 Å². The number of aliphatic hydroxyl groups is 6. The molecule has 0 aliphatic carbocycles. The SMILES string of the molecule is CC(C)CCON=O.OCCCO.[C-]#[N+]c1c(Cl)nc(SCc2csc(-c3ccc(Cl)cc3)n2)c(C#N)c1-c1ccc(OCCO)cc1.[C-]#[N+]c1c(N)nc(SCc2csc(-c3ccc(Cl)cc3)n2)c(C#N)c1-c1ccc(OCCO)cc1.[C-]#[N+]c1c(OCCCO)nc(SCc2csc(-c3ccc(Cl)cc3)n2)c(C#N)c1-c1ccc(OCCO)cc1.[Cl][Cu][Cl]. The van der Waals surface area contributed by atoms with Crippen LogP contribution in [-0.4, -0.2) is 133 Å². The summed E-state index contributed by atoms with van der Waals surface area (Å²) in [5.74, 6) is 3.86. The third-order valence-corrected chi connectivity index (χ3v) is 23.1. The first-order valence-corrected chi connectivity index (χ1v) is 46.7. The molecule has 651 valence electrons. The summed E-state index contributed by atoms with van der Waals surface area (Å²) < 4.78 is 22.0. The number of pyridine rings is 3. The molecule has 0 aliphatic rings. The summed E-state index contributed by atoms with van der Waals surface area (Å²) in [4.78, 5) is 51.6. The van der Waals surface area contributed by atoms with Crippen LogP contribution in [0.1, 0.15) is 66.9 Å². The molecule has 0 saturated heterocycles. The van der Waals surface area contributed by atoms with Crippen LogP contribution < -0.4 is 24.7 Å². The van der Waals surface area contributed by atoms with Crippen LogP contribution in [0.25, 0.3) is 79.6 Å². The van der Waals surface area contributed by atoms with Crippen molar-refractivity contribution in [3.05, 3.63) is 255 Å². The first kappa shape index (κ1) is 102. The summed E-state index contributed by atoms with van der Waals surface area (Å²) in [5.41, 5.74) is 16.0. The second-order valence-corrected chi connectivity index (χ2v) is 33.9. The number of thioether (sulfide) groups is 3. The molecule has 0 spiro atoms. The Morgan fingerprint density at radius 2 is 0.776 bits per heavy atom. The van der Waals surface area contributed by atoms with Gasteiger partial charge in [-0.25, -0.2) is 44.4 Å². The van der Waals surface area contributed by atoms with E-state index in [-0.39, 0.29) is 117 Å². The standard InChI is InChI=1S/C28H23ClN4O4S2.C25H16Cl2N4O2S2.C25H18ClN5O2S2.C5H11NO2.C3H8O2.2ClH.Cu/c1-31-25-24(18-5-9-22(10-6-18)36-14-12-35)23(15-30)28(33-26(25)37-13-2-11-34)39-17-21-16-38-27(32-21)19-3-7-20(29)8-4-19;1-29-22-21(15-4-8-19(9-5-15)33-11-10-32)20(12-28)25(31-23(22)27)35-14-18-13-34-24(30-18)16-2-6-17(26)7-3-16;1-29-22-21(15-4-8-19(9-5-15)33-11-10-32)20(12-27)25(31-23(22)28)35-14-18-13-34-24(30-18)16-2-6-17(26)7-3-16;1-5(2)3-4-8-6-7;4-2-1-3-5;;;/h3-10,16,34-35H,2,11-14,17H2;2-9,13,32H,10-11,14H2;2-9,13,32H,10-11,14H2,(H2,28,31);5H,3-4H2,1-2H3;4-5H,1-3H2;2*1H;/q;;;;;;;+2/p-2. The van der Waals surface area contributed by atoms with Gasteiger partial charge in [0.15, 0.2) is 5.34 Å². The van der Waals surface area contributed by atoms with Crippen molar-refractivity contribution in [1.82, 2.24) is 29.9 Å². The van der Waals surface area contributed by atoms with Crippen LogP contribution in [0.3, 0.4) is 0 Å². The molecular formula is C86H76Cl6CuN14O12S6. The summed E-state index contributed by atoms with van der Waals surface area (Å²) in [5, 5.41) is 96.1. The molecule has 12 aromatic rings. The summed E-state index contributed by atoms with van der Waals surface area (Å²) in [6.45, 7) is 28.1. The van der Waals surface area contributed by atoms with Gasteiger partial charge in [0.25, 0.3) is 5.69 Å². The van der Waals surface area contributed by atoms with E-state index >= 15 is 0 Å². The van der Waals surface area contributed by atoms with Crippen LogP contribution in [0, 0.1) is 64.5 Å². The van der Waals surface area contributed by atoms with Crippen LogP contribution in [-0.2, 0) is 35.2 Å². The van der Waals surface area contributed by atoms with E-state index < -0.39 is 0 Å². The van der Waals surface area contributed by atoms with Gasteiger partial charge in [-0.1, -0.05) is 168 Å². The minimum atomic E-state index is -0.109. The number of benzene rings is 6. The van der Waals surface area contributed by atoms with Crippen molar-refractivity contribution in [3.8, 4) is 106 Å². The van der Waals surface area contributed by atoms with Gasteiger partial charge < -0.3 is 60.2 Å². The molecule has 8 N–H and O–H groups in total. The predicted molar refractivity (Wildman–Crippen MR) is 494 cm³/mol. The molecule has 125 heavy (non-hydrogen) atoms. The first-order chi connectivity index (χ1) is 60.7. The van der Waals surface area contributed by atoms with E-state index in [0.29, 0.717) is 123 Å². The number of thiazole rings is 3. The van der Waals surface area contributed by atoms with Gasteiger partial charge in [-0.2, -0.15) is 15.8 Å². The summed E-state index contributed by atoms with van der Waals surface area (Å²) in [7, 11) is 9.34. The number of nitrogens with two attached hydrogens (primary N) is 1. The molecule has 0 radical (unpaired) electrons. The molecule has 0 aliphatic heterocycles. The van der Waals surface area contributed by atoms with E-state index in [1.807, 2.05) is 88.9 Å². The molecule has 6 heterocycles. The van der Waals surface area contributed by atoms with Gasteiger partial charge in [-0.15, -0.1) is 38.9 Å². The van der Waals surface area contributed by atoms with Gasteiger partial charge in [0.2, 0.25) is 17.3 Å².